The summed E-state index contributed by atoms with van der Waals surface area (Å²) in [4.78, 5) is 23.3. The van der Waals surface area contributed by atoms with Crippen molar-refractivity contribution < 1.29 is 14.7 Å². The fourth-order valence-corrected chi connectivity index (χ4v) is 5.54. The second-order valence-corrected chi connectivity index (χ2v) is 8.79. The predicted octanol–water partition coefficient (Wildman–Crippen LogP) is 6.00. The molecule has 5 atom stereocenters. The summed E-state index contributed by atoms with van der Waals surface area (Å²) in [6, 6.07) is 10.1. The van der Waals surface area contributed by atoms with Crippen LogP contribution in [0.25, 0.3) is 0 Å². The number of hydrogen-bond donors (Lipinski definition) is 1. The first-order valence-corrected chi connectivity index (χ1v) is 11.0. The van der Waals surface area contributed by atoms with Gasteiger partial charge in [0.25, 0.3) is 0 Å². The van der Waals surface area contributed by atoms with Crippen molar-refractivity contribution >= 4 is 11.8 Å². The number of carboxylic acids is 1. The van der Waals surface area contributed by atoms with Crippen LogP contribution in [0.5, 0.6) is 0 Å². The Kier molecular flexibility index (Phi) is 7.47. The van der Waals surface area contributed by atoms with Crippen molar-refractivity contribution in [2.24, 2.45) is 23.7 Å². The molecule has 0 spiro atoms. The first kappa shape index (κ1) is 20.8. The van der Waals surface area contributed by atoms with Gasteiger partial charge in [-0.1, -0.05) is 49.4 Å². The Labute approximate surface area is 169 Å². The molecule has 3 heteroatoms. The number of carbonyl (C=O) groups excluding carboxylic acids is 1. The summed E-state index contributed by atoms with van der Waals surface area (Å²) in [5, 5.41) is 8.71. The molecule has 1 aromatic carbocycles. The van der Waals surface area contributed by atoms with E-state index in [4.69, 9.17) is 5.11 Å². The molecule has 1 aromatic rings. The van der Waals surface area contributed by atoms with Crippen LogP contribution >= 0.6 is 0 Å². The summed E-state index contributed by atoms with van der Waals surface area (Å²) >= 11 is 0. The molecule has 2 bridgehead atoms. The first-order chi connectivity index (χ1) is 13.6. The lowest BCUT2D eigenvalue weighted by Gasteiger charge is -2.30. The van der Waals surface area contributed by atoms with E-state index >= 15 is 0 Å². The number of allylic oxidation sites excluding steroid dienone is 2. The Morgan fingerprint density at radius 2 is 1.79 bits per heavy atom. The molecule has 1 unspecified atom stereocenters. The molecule has 2 fully saturated rings. The number of hydrogen-bond acceptors (Lipinski definition) is 2. The standard InChI is InChI=1S/C25H34O3/c1-18(19-9-5-4-6-10-19)24(26)16-15-23-21-14-13-20(17-21)22(23)11-7-2-3-8-12-25(27)28/h2,4-7,9-10,18,20-23H,3,8,11-17H2,1H3,(H,27,28)/b7-2-/t18?,20-,21+,22-,23+/m1/s1. The second-order valence-electron chi connectivity index (χ2n) is 8.79. The average Bonchev–Trinajstić information content (AvgIpc) is 3.30. The Balaban J connectivity index is 1.48. The molecule has 0 heterocycles. The summed E-state index contributed by atoms with van der Waals surface area (Å²) < 4.78 is 0. The largest absolute Gasteiger partial charge is 0.481 e. The fourth-order valence-electron chi connectivity index (χ4n) is 5.54. The maximum atomic E-state index is 12.7. The molecule has 0 saturated heterocycles. The van der Waals surface area contributed by atoms with Crippen LogP contribution in [-0.2, 0) is 9.59 Å². The Hall–Kier alpha value is -1.90. The monoisotopic (exact) mass is 382 g/mol. The van der Waals surface area contributed by atoms with Gasteiger partial charge in [-0.05, 0) is 74.2 Å². The number of aliphatic carboxylic acids is 1. The molecule has 28 heavy (non-hydrogen) atoms. The van der Waals surface area contributed by atoms with Crippen molar-refractivity contribution in [2.45, 2.75) is 70.6 Å². The maximum Gasteiger partial charge on any atom is 0.303 e. The van der Waals surface area contributed by atoms with Gasteiger partial charge in [-0.2, -0.15) is 0 Å². The molecule has 3 nitrogen and oxygen atoms in total. The predicted molar refractivity (Wildman–Crippen MR) is 112 cm³/mol. The van der Waals surface area contributed by atoms with Crippen LogP contribution in [0.3, 0.4) is 0 Å². The number of ketones is 1. The Bertz CT molecular complexity index is 678. The summed E-state index contributed by atoms with van der Waals surface area (Å²) in [6.45, 7) is 2.04. The fraction of sp³-hybridized carbons (Fsp3) is 0.600. The van der Waals surface area contributed by atoms with Crippen LogP contribution in [0.15, 0.2) is 42.5 Å². The molecular weight excluding hydrogens is 348 g/mol. The van der Waals surface area contributed by atoms with Crippen LogP contribution in [0, 0.1) is 23.7 Å². The van der Waals surface area contributed by atoms with Gasteiger partial charge < -0.3 is 5.11 Å². The highest BCUT2D eigenvalue weighted by molar-refractivity contribution is 5.85. The van der Waals surface area contributed by atoms with E-state index in [0.29, 0.717) is 24.0 Å². The van der Waals surface area contributed by atoms with E-state index in [2.05, 4.69) is 24.3 Å². The molecule has 0 aliphatic heterocycles. The van der Waals surface area contributed by atoms with Gasteiger partial charge in [-0.15, -0.1) is 0 Å². The molecule has 1 N–H and O–H groups in total. The van der Waals surface area contributed by atoms with Crippen molar-refractivity contribution in [3.63, 3.8) is 0 Å². The molecule has 2 aliphatic rings. The lowest BCUT2D eigenvalue weighted by molar-refractivity contribution is -0.137. The second kappa shape index (κ2) is 10.0. The van der Waals surface area contributed by atoms with Crippen molar-refractivity contribution in [3.8, 4) is 0 Å². The van der Waals surface area contributed by atoms with Crippen molar-refractivity contribution in [1.29, 1.82) is 0 Å². The van der Waals surface area contributed by atoms with Crippen LogP contribution in [0.4, 0.5) is 0 Å². The van der Waals surface area contributed by atoms with Crippen LogP contribution in [0.2, 0.25) is 0 Å². The van der Waals surface area contributed by atoms with E-state index in [0.717, 1.165) is 43.1 Å². The molecule has 0 amide bonds. The smallest absolute Gasteiger partial charge is 0.303 e. The van der Waals surface area contributed by atoms with E-state index in [-0.39, 0.29) is 12.3 Å². The van der Waals surface area contributed by atoms with Gasteiger partial charge in [0.05, 0.1) is 0 Å². The number of Topliss-reactive ketones (excluding diaryl/α,β-unsaturated/α-hetero) is 1. The van der Waals surface area contributed by atoms with Crippen molar-refractivity contribution in [1.82, 2.24) is 0 Å². The van der Waals surface area contributed by atoms with Gasteiger partial charge in [0, 0.05) is 18.8 Å². The highest BCUT2D eigenvalue weighted by atomic mass is 16.4. The van der Waals surface area contributed by atoms with E-state index in [9.17, 15) is 9.59 Å². The van der Waals surface area contributed by atoms with Crippen LogP contribution in [-0.4, -0.2) is 16.9 Å². The Morgan fingerprint density at radius 3 is 2.50 bits per heavy atom. The molecule has 0 radical (unpaired) electrons. The number of carbonyl (C=O) groups is 2. The van der Waals surface area contributed by atoms with Gasteiger partial charge in [0.1, 0.15) is 5.78 Å². The van der Waals surface area contributed by atoms with Crippen molar-refractivity contribution in [2.75, 3.05) is 0 Å². The average molecular weight is 383 g/mol. The number of benzene rings is 1. The maximum absolute atomic E-state index is 12.7. The Morgan fingerprint density at radius 1 is 1.07 bits per heavy atom. The van der Waals surface area contributed by atoms with Crippen LogP contribution < -0.4 is 0 Å². The quantitative estimate of drug-likeness (QED) is 0.377. The zero-order valence-electron chi connectivity index (χ0n) is 17.1. The van der Waals surface area contributed by atoms with E-state index in [1.54, 1.807) is 0 Å². The SMILES string of the molecule is CC(C(=O)CC[C@H]1[C@H]2CC[C@H](C2)[C@H]1C/C=C\CCCC(=O)O)c1ccccc1. The highest BCUT2D eigenvalue weighted by Crippen LogP contribution is 2.55. The lowest BCUT2D eigenvalue weighted by atomic mass is 9.74. The zero-order valence-corrected chi connectivity index (χ0v) is 17.1. The molecular formula is C25H34O3. The molecule has 0 aromatic heterocycles. The third-order valence-corrected chi connectivity index (χ3v) is 7.12. The zero-order chi connectivity index (χ0) is 19.9. The number of fused-ring (bicyclic) bond motifs is 2. The molecule has 152 valence electrons. The third kappa shape index (κ3) is 5.33. The topological polar surface area (TPSA) is 54.4 Å². The van der Waals surface area contributed by atoms with Gasteiger partial charge in [-0.25, -0.2) is 0 Å². The summed E-state index contributed by atoms with van der Waals surface area (Å²) in [6.07, 6.45) is 13.1. The molecule has 3 rings (SSSR count). The summed E-state index contributed by atoms with van der Waals surface area (Å²) in [5.41, 5.74) is 1.13. The van der Waals surface area contributed by atoms with Gasteiger partial charge in [0.2, 0.25) is 0 Å². The van der Waals surface area contributed by atoms with E-state index in [1.807, 2.05) is 25.1 Å². The minimum absolute atomic E-state index is 0.00706. The minimum Gasteiger partial charge on any atom is -0.481 e. The third-order valence-electron chi connectivity index (χ3n) is 7.12. The van der Waals surface area contributed by atoms with E-state index < -0.39 is 5.97 Å². The summed E-state index contributed by atoms with van der Waals surface area (Å²) in [5.74, 6) is 2.71. The lowest BCUT2D eigenvalue weighted by Crippen LogP contribution is -2.23. The molecule has 2 saturated carbocycles. The number of rotatable bonds is 11. The normalized spacial score (nSPS) is 27.3. The van der Waals surface area contributed by atoms with Crippen LogP contribution in [0.1, 0.15) is 76.2 Å². The van der Waals surface area contributed by atoms with E-state index in [1.165, 1.54) is 19.3 Å². The molecule has 2 aliphatic carbocycles. The van der Waals surface area contributed by atoms with Crippen molar-refractivity contribution in [3.05, 3.63) is 48.0 Å². The highest BCUT2D eigenvalue weighted by Gasteiger charge is 2.46. The summed E-state index contributed by atoms with van der Waals surface area (Å²) in [7, 11) is 0. The van der Waals surface area contributed by atoms with Gasteiger partial charge >= 0.3 is 5.97 Å². The first-order valence-electron chi connectivity index (χ1n) is 11.0. The van der Waals surface area contributed by atoms with Gasteiger partial charge in [0.15, 0.2) is 0 Å². The van der Waals surface area contributed by atoms with Gasteiger partial charge in [-0.3, -0.25) is 9.59 Å². The minimum atomic E-state index is -0.712. The number of unbranched alkanes of at least 4 members (excludes halogenated alkanes) is 1. The number of carboxylic acid groups (broad SMARTS) is 1.